The van der Waals surface area contributed by atoms with Gasteiger partial charge in [-0.05, 0) is 60.1 Å². The molecule has 6 aliphatic heterocycles. The van der Waals surface area contributed by atoms with Crippen LogP contribution in [0.4, 0.5) is 0 Å². The first-order valence-electron chi connectivity index (χ1n) is 26.2. The minimum atomic E-state index is -0.266. The highest BCUT2D eigenvalue weighted by atomic mass is 16.5. The molecule has 0 radical (unpaired) electrons. The Morgan fingerprint density at radius 1 is 0.594 bits per heavy atom. The van der Waals surface area contributed by atoms with E-state index in [2.05, 4.69) is 137 Å². The highest BCUT2D eigenvalue weighted by molar-refractivity contribution is 5.66. The number of rotatable bonds is 5. The number of nitrogens with two attached hydrogens (primary N) is 4. The van der Waals surface area contributed by atoms with Gasteiger partial charge in [-0.15, -0.1) is 0 Å². The maximum absolute atomic E-state index is 10.5. The van der Waals surface area contributed by atoms with Gasteiger partial charge in [-0.1, -0.05) is 44.2 Å². The summed E-state index contributed by atoms with van der Waals surface area (Å²) < 4.78 is 5.01. The average Bonchev–Trinajstić information content (AvgIpc) is 3.94. The first-order chi connectivity index (χ1) is 32.6. The Labute approximate surface area is 419 Å². The first kappa shape index (κ1) is 63.1. The van der Waals surface area contributed by atoms with Crippen molar-refractivity contribution in [3.05, 3.63) is 35.9 Å². The van der Waals surface area contributed by atoms with Gasteiger partial charge in [0.2, 0.25) is 0 Å². The summed E-state index contributed by atoms with van der Waals surface area (Å²) in [4.78, 5) is 17.8. The maximum Gasteiger partial charge on any atom is 0.302 e. The van der Waals surface area contributed by atoms with E-state index in [-0.39, 0.29) is 40.3 Å². The molecule has 6 aliphatic rings. The van der Waals surface area contributed by atoms with Crippen LogP contribution >= 0.6 is 0 Å². The van der Waals surface area contributed by atoms with Crippen LogP contribution in [0.2, 0.25) is 0 Å². The molecule has 18 N–H and O–H groups in total. The first-order valence-corrected chi connectivity index (χ1v) is 26.2. The Bertz CT molecular complexity index is 1410. The molecule has 0 bridgehead atoms. The van der Waals surface area contributed by atoms with Crippen LogP contribution in [0.3, 0.4) is 0 Å². The number of hydrogen-bond donors (Lipinski definition) is 14. The van der Waals surface area contributed by atoms with Crippen LogP contribution in [-0.2, 0) is 15.1 Å². The average molecular weight is 980 g/mol. The Morgan fingerprint density at radius 3 is 1.45 bits per heavy atom. The summed E-state index contributed by atoms with van der Waals surface area (Å²) in [5, 5.41) is 38.1. The van der Waals surface area contributed by atoms with Crippen LogP contribution in [0.15, 0.2) is 30.3 Å². The van der Waals surface area contributed by atoms with Crippen LogP contribution in [0.25, 0.3) is 0 Å². The Kier molecular flexibility index (Phi) is 30.8. The minimum Gasteiger partial charge on any atom is -0.460 e. The fourth-order valence-corrected chi connectivity index (χ4v) is 8.68. The number of esters is 1. The van der Waals surface area contributed by atoms with Crippen molar-refractivity contribution < 1.29 is 14.6 Å². The van der Waals surface area contributed by atoms with Gasteiger partial charge in [0.15, 0.2) is 0 Å². The molecule has 0 amide bonds. The zero-order valence-electron chi connectivity index (χ0n) is 45.2. The Balaban J connectivity index is 0.000000287. The highest BCUT2D eigenvalue weighted by Crippen LogP contribution is 2.18. The highest BCUT2D eigenvalue weighted by Gasteiger charge is 2.32. The summed E-state index contributed by atoms with van der Waals surface area (Å²) in [7, 11) is 2.11. The lowest BCUT2D eigenvalue weighted by molar-refractivity contribution is -0.145. The number of nitrogens with zero attached hydrogens (tertiary/aromatic N) is 3. The van der Waals surface area contributed by atoms with Crippen molar-refractivity contribution in [2.45, 2.75) is 109 Å². The van der Waals surface area contributed by atoms with Gasteiger partial charge in [0.05, 0.1) is 11.6 Å². The molecule has 6 fully saturated rings. The number of nitrogens with one attached hydrogen (secondary N) is 9. The Morgan fingerprint density at radius 2 is 1.01 bits per heavy atom. The van der Waals surface area contributed by atoms with Crippen molar-refractivity contribution >= 4 is 5.97 Å². The summed E-state index contributed by atoms with van der Waals surface area (Å²) in [5.74, 6) is 0.320. The number of carbonyl (C=O) groups excluding carboxylic acids is 1. The number of benzene rings is 1. The normalized spacial score (nSPS) is 25.4. The van der Waals surface area contributed by atoms with Crippen LogP contribution in [-0.4, -0.2) is 231 Å². The third-order valence-electron chi connectivity index (χ3n) is 13.1. The number of β-amino-alcohol motifs (C(OH)–C–C–N with tert-alkyl or cyclic N) is 1. The summed E-state index contributed by atoms with van der Waals surface area (Å²) in [6.45, 7) is 41.8. The van der Waals surface area contributed by atoms with E-state index in [9.17, 15) is 4.79 Å². The lowest BCUT2D eigenvalue weighted by Gasteiger charge is -2.33. The van der Waals surface area contributed by atoms with E-state index in [1.165, 1.54) is 12.5 Å². The number of ether oxygens (including phenoxy) is 1. The van der Waals surface area contributed by atoms with E-state index < -0.39 is 0 Å². The molecular formula is C50H106N16O3. The molecule has 6 heterocycles. The van der Waals surface area contributed by atoms with Crippen LogP contribution in [0.5, 0.6) is 0 Å². The molecule has 69 heavy (non-hydrogen) atoms. The molecular weight excluding hydrogens is 873 g/mol. The number of likely N-dealkylation sites (N-methyl/N-ethyl adjacent to an activating group) is 1. The maximum atomic E-state index is 10.5. The standard InChI is InChI=1S/C12H27N3.C11H17N3.C8H19N3.C7H17N3.C7H14N2O2.C5H12N2O/c1-10(2)14-6-7-15(11(3)4)9-12(5,13)8-14;12-11(8-13-6-7-14-9-11)10-4-2-1-3-5-10;1-7(2)8(9)5-10-3-4-11-6-8;1-7(8)5-9-3-4-10(2)6-7;1-6(10)11-7-4-8-2-3-9-5-7;8-5-3-6-1-2-7-4-5/h10-11H,6-9,13H2,1-5H3;1-5,13-14H,6-9,12H2;7,10-11H,3-6,9H2,1-2H3;9H,3-6,8H2,1-2H3;7-9H,2-5H2,1H3;5-8H,1-4H2. The molecule has 19 nitrogen and oxygen atoms in total. The number of carbonyl (C=O) groups is 1. The summed E-state index contributed by atoms with van der Waals surface area (Å²) in [5.41, 5.74) is 25.6. The van der Waals surface area contributed by atoms with Gasteiger partial charge in [-0.2, -0.15) is 0 Å². The van der Waals surface area contributed by atoms with E-state index in [0.717, 1.165) is 157 Å². The summed E-state index contributed by atoms with van der Waals surface area (Å²) in [6.07, 6.45) is -0.201. The van der Waals surface area contributed by atoms with Crippen molar-refractivity contribution in [2.75, 3.05) is 164 Å². The lowest BCUT2D eigenvalue weighted by Crippen LogP contribution is -2.56. The molecule has 6 saturated heterocycles. The van der Waals surface area contributed by atoms with Gasteiger partial charge in [0, 0.05) is 193 Å². The molecule has 19 heteroatoms. The predicted molar refractivity (Wildman–Crippen MR) is 288 cm³/mol. The largest absolute Gasteiger partial charge is 0.460 e. The molecule has 1 aromatic rings. The summed E-state index contributed by atoms with van der Waals surface area (Å²) in [6, 6.07) is 11.5. The topological polar surface area (TPSA) is 269 Å². The van der Waals surface area contributed by atoms with E-state index in [1.54, 1.807) is 0 Å². The minimum absolute atomic E-state index is 0.00463. The van der Waals surface area contributed by atoms with Gasteiger partial charge in [0.25, 0.3) is 0 Å². The van der Waals surface area contributed by atoms with Crippen LogP contribution in [0, 0.1) is 5.92 Å². The lowest BCUT2D eigenvalue weighted by atomic mass is 9.87. The monoisotopic (exact) mass is 979 g/mol. The van der Waals surface area contributed by atoms with Crippen molar-refractivity contribution in [2.24, 2.45) is 28.9 Å². The molecule has 1 atom stereocenters. The van der Waals surface area contributed by atoms with Gasteiger partial charge in [-0.25, -0.2) is 0 Å². The SMILES string of the molecule is CC(=O)OC1CNCCNC1.CC(C)C1(N)CNCCNC1.CC(C)N1CCN(C(C)C)CC(C)(N)C1.CN1CCNCC(C)(N)C1.NC1(c2ccccc2)CNCCNC1.OC1CNCCNC1. The number of aliphatic hydroxyl groups excluding tert-OH is 1. The zero-order valence-corrected chi connectivity index (χ0v) is 45.2. The van der Waals surface area contributed by atoms with Crippen LogP contribution in [0.1, 0.15) is 67.9 Å². The molecule has 0 aliphatic carbocycles. The van der Waals surface area contributed by atoms with Gasteiger partial charge in [-0.3, -0.25) is 14.6 Å². The van der Waals surface area contributed by atoms with Gasteiger partial charge < -0.3 is 85.5 Å². The second kappa shape index (κ2) is 33.7. The van der Waals surface area contributed by atoms with Crippen molar-refractivity contribution in [3.63, 3.8) is 0 Å². The van der Waals surface area contributed by atoms with E-state index in [4.69, 9.17) is 32.8 Å². The molecule has 1 aromatic carbocycles. The second-order valence-electron chi connectivity index (χ2n) is 21.7. The fourth-order valence-electron chi connectivity index (χ4n) is 8.68. The molecule has 1 unspecified atom stereocenters. The molecule has 0 saturated carbocycles. The van der Waals surface area contributed by atoms with Crippen molar-refractivity contribution in [3.8, 4) is 0 Å². The molecule has 7 rings (SSSR count). The second-order valence-corrected chi connectivity index (χ2v) is 21.7. The number of aliphatic hydroxyl groups is 1. The molecule has 0 spiro atoms. The van der Waals surface area contributed by atoms with Crippen LogP contribution < -0.4 is 70.8 Å². The third kappa shape index (κ3) is 28.2. The number of hydrogen-bond acceptors (Lipinski definition) is 19. The fraction of sp³-hybridized carbons (Fsp3) is 0.860. The molecule has 404 valence electrons. The van der Waals surface area contributed by atoms with Crippen molar-refractivity contribution in [1.82, 2.24) is 62.6 Å². The zero-order chi connectivity index (χ0) is 51.4. The van der Waals surface area contributed by atoms with E-state index >= 15 is 0 Å². The van der Waals surface area contributed by atoms with E-state index in [0.29, 0.717) is 18.0 Å². The van der Waals surface area contributed by atoms with Crippen molar-refractivity contribution in [1.29, 1.82) is 0 Å². The summed E-state index contributed by atoms with van der Waals surface area (Å²) >= 11 is 0. The predicted octanol–water partition coefficient (Wildman–Crippen LogP) is -2.41. The van der Waals surface area contributed by atoms with Gasteiger partial charge in [0.1, 0.15) is 6.10 Å². The quantitative estimate of drug-likeness (QED) is 0.137. The van der Waals surface area contributed by atoms with Gasteiger partial charge >= 0.3 is 5.97 Å². The van der Waals surface area contributed by atoms with E-state index in [1.807, 2.05) is 18.2 Å². The third-order valence-corrected chi connectivity index (χ3v) is 13.1. The molecule has 0 aromatic heterocycles. The Hall–Kier alpha value is -1.99. The smallest absolute Gasteiger partial charge is 0.302 e.